The lowest BCUT2D eigenvalue weighted by molar-refractivity contribution is -0.144. The molecule has 1 aromatic carbocycles. The van der Waals surface area contributed by atoms with Crippen LogP contribution in [0.5, 0.6) is 0 Å². The SMILES string of the molecule is COC(=O)C(CNc1c(C)cc(Br)cc1C)NC(C)=O. The van der Waals surface area contributed by atoms with Crippen molar-refractivity contribution in [3.8, 4) is 0 Å². The summed E-state index contributed by atoms with van der Waals surface area (Å²) >= 11 is 3.44. The molecule has 0 aliphatic heterocycles. The van der Waals surface area contributed by atoms with Gasteiger partial charge in [0.15, 0.2) is 0 Å². The van der Waals surface area contributed by atoms with E-state index in [9.17, 15) is 9.59 Å². The number of amides is 1. The van der Waals surface area contributed by atoms with Crippen molar-refractivity contribution in [2.24, 2.45) is 0 Å². The van der Waals surface area contributed by atoms with Gasteiger partial charge in [-0.3, -0.25) is 4.79 Å². The molecule has 0 aliphatic rings. The lowest BCUT2D eigenvalue weighted by Gasteiger charge is -2.19. The highest BCUT2D eigenvalue weighted by Crippen LogP contribution is 2.24. The van der Waals surface area contributed by atoms with E-state index in [1.54, 1.807) is 0 Å². The fraction of sp³-hybridized carbons (Fsp3) is 0.429. The first-order valence-electron chi connectivity index (χ1n) is 6.20. The van der Waals surface area contributed by atoms with Crippen LogP contribution in [-0.2, 0) is 14.3 Å². The summed E-state index contributed by atoms with van der Waals surface area (Å²) in [5.41, 5.74) is 3.07. The standard InChI is InChI=1S/C14H19BrN2O3/c1-8-5-11(15)6-9(2)13(8)16-7-12(14(19)20-4)17-10(3)18/h5-6,12,16H,7H2,1-4H3,(H,17,18). The summed E-state index contributed by atoms with van der Waals surface area (Å²) in [6.45, 7) is 5.60. The summed E-state index contributed by atoms with van der Waals surface area (Å²) in [5.74, 6) is -0.744. The Morgan fingerprint density at radius 2 is 1.85 bits per heavy atom. The number of esters is 1. The number of halogens is 1. The van der Waals surface area contributed by atoms with E-state index in [1.165, 1.54) is 14.0 Å². The maximum absolute atomic E-state index is 11.6. The summed E-state index contributed by atoms with van der Waals surface area (Å²) < 4.78 is 5.68. The molecule has 5 nitrogen and oxygen atoms in total. The molecule has 20 heavy (non-hydrogen) atoms. The molecule has 0 spiro atoms. The summed E-state index contributed by atoms with van der Waals surface area (Å²) in [4.78, 5) is 22.7. The second kappa shape index (κ2) is 7.28. The largest absolute Gasteiger partial charge is 0.467 e. The zero-order valence-corrected chi connectivity index (χ0v) is 13.6. The Labute approximate surface area is 127 Å². The third-order valence-corrected chi connectivity index (χ3v) is 3.30. The van der Waals surface area contributed by atoms with Crippen molar-refractivity contribution in [3.05, 3.63) is 27.7 Å². The summed E-state index contributed by atoms with van der Waals surface area (Å²) in [5, 5.41) is 5.76. The fourth-order valence-corrected chi connectivity index (χ4v) is 2.66. The van der Waals surface area contributed by atoms with E-state index in [4.69, 9.17) is 0 Å². The Morgan fingerprint density at radius 1 is 1.30 bits per heavy atom. The van der Waals surface area contributed by atoms with Gasteiger partial charge in [0.1, 0.15) is 6.04 Å². The topological polar surface area (TPSA) is 67.4 Å². The van der Waals surface area contributed by atoms with E-state index in [0.29, 0.717) is 0 Å². The number of ether oxygens (including phenoxy) is 1. The van der Waals surface area contributed by atoms with Crippen LogP contribution >= 0.6 is 15.9 Å². The number of nitrogens with one attached hydrogen (secondary N) is 2. The Morgan fingerprint density at radius 3 is 2.30 bits per heavy atom. The molecule has 0 fully saturated rings. The van der Waals surface area contributed by atoms with Crippen LogP contribution in [0.25, 0.3) is 0 Å². The van der Waals surface area contributed by atoms with E-state index < -0.39 is 12.0 Å². The van der Waals surface area contributed by atoms with Gasteiger partial charge in [-0.25, -0.2) is 4.79 Å². The fourth-order valence-electron chi connectivity index (χ4n) is 1.97. The van der Waals surface area contributed by atoms with Gasteiger partial charge >= 0.3 is 5.97 Å². The lowest BCUT2D eigenvalue weighted by Crippen LogP contribution is -2.45. The molecule has 1 rings (SSSR count). The number of hydrogen-bond acceptors (Lipinski definition) is 4. The third-order valence-electron chi connectivity index (χ3n) is 2.84. The number of benzene rings is 1. The molecule has 1 aromatic rings. The van der Waals surface area contributed by atoms with Gasteiger partial charge in [-0.05, 0) is 37.1 Å². The number of carbonyl (C=O) groups excluding carboxylic acids is 2. The molecule has 0 saturated carbocycles. The van der Waals surface area contributed by atoms with Gasteiger partial charge in [0.2, 0.25) is 5.91 Å². The van der Waals surface area contributed by atoms with Crippen LogP contribution in [0.15, 0.2) is 16.6 Å². The van der Waals surface area contributed by atoms with Gasteiger partial charge in [-0.15, -0.1) is 0 Å². The predicted octanol–water partition coefficient (Wildman–Crippen LogP) is 2.16. The number of hydrogen-bond donors (Lipinski definition) is 2. The van der Waals surface area contributed by atoms with E-state index >= 15 is 0 Å². The number of rotatable bonds is 5. The Hall–Kier alpha value is -1.56. The summed E-state index contributed by atoms with van der Waals surface area (Å²) in [7, 11) is 1.30. The molecule has 0 radical (unpaired) electrons. The monoisotopic (exact) mass is 342 g/mol. The normalized spacial score (nSPS) is 11.7. The smallest absolute Gasteiger partial charge is 0.330 e. The Bertz CT molecular complexity index is 494. The molecule has 0 heterocycles. The van der Waals surface area contributed by atoms with Crippen LogP contribution in [0.3, 0.4) is 0 Å². The van der Waals surface area contributed by atoms with Crippen molar-refractivity contribution < 1.29 is 14.3 Å². The average Bonchev–Trinajstić information content (AvgIpc) is 2.34. The van der Waals surface area contributed by atoms with E-state index in [2.05, 4.69) is 31.3 Å². The van der Waals surface area contributed by atoms with Gasteiger partial charge in [0.05, 0.1) is 7.11 Å². The zero-order chi connectivity index (χ0) is 15.3. The molecule has 0 bridgehead atoms. The first-order chi connectivity index (χ1) is 9.35. The number of anilines is 1. The minimum Gasteiger partial charge on any atom is -0.467 e. The van der Waals surface area contributed by atoms with Gasteiger partial charge < -0.3 is 15.4 Å². The van der Waals surface area contributed by atoms with E-state index in [-0.39, 0.29) is 12.5 Å². The second-order valence-corrected chi connectivity index (χ2v) is 5.49. The van der Waals surface area contributed by atoms with Crippen LogP contribution in [0.2, 0.25) is 0 Å². The molecule has 6 heteroatoms. The zero-order valence-electron chi connectivity index (χ0n) is 12.0. The van der Waals surface area contributed by atoms with Gasteiger partial charge in [0, 0.05) is 23.6 Å². The number of methoxy groups -OCH3 is 1. The van der Waals surface area contributed by atoms with Crippen LogP contribution in [-0.4, -0.2) is 31.6 Å². The molecule has 1 unspecified atom stereocenters. The molecule has 2 N–H and O–H groups in total. The highest BCUT2D eigenvalue weighted by molar-refractivity contribution is 9.10. The van der Waals surface area contributed by atoms with E-state index in [1.807, 2.05) is 26.0 Å². The van der Waals surface area contributed by atoms with Crippen LogP contribution in [0.4, 0.5) is 5.69 Å². The highest BCUT2D eigenvalue weighted by Gasteiger charge is 2.20. The number of carbonyl (C=O) groups is 2. The van der Waals surface area contributed by atoms with Crippen molar-refractivity contribution in [2.75, 3.05) is 19.0 Å². The average molecular weight is 343 g/mol. The van der Waals surface area contributed by atoms with Gasteiger partial charge in [-0.2, -0.15) is 0 Å². The third kappa shape index (κ3) is 4.52. The highest BCUT2D eigenvalue weighted by atomic mass is 79.9. The first-order valence-corrected chi connectivity index (χ1v) is 7.00. The van der Waals surface area contributed by atoms with Crippen molar-refractivity contribution >= 4 is 33.5 Å². The van der Waals surface area contributed by atoms with Crippen molar-refractivity contribution in [1.82, 2.24) is 5.32 Å². The summed E-state index contributed by atoms with van der Waals surface area (Å²) in [6.07, 6.45) is 0. The maximum Gasteiger partial charge on any atom is 0.330 e. The van der Waals surface area contributed by atoms with Gasteiger partial charge in [-0.1, -0.05) is 15.9 Å². The summed E-state index contributed by atoms with van der Waals surface area (Å²) in [6, 6.07) is 3.27. The minimum atomic E-state index is -0.708. The predicted molar refractivity (Wildman–Crippen MR) is 81.7 cm³/mol. The van der Waals surface area contributed by atoms with Gasteiger partial charge in [0.25, 0.3) is 0 Å². The molecule has 0 aliphatic carbocycles. The van der Waals surface area contributed by atoms with Crippen molar-refractivity contribution in [3.63, 3.8) is 0 Å². The van der Waals surface area contributed by atoms with Crippen LogP contribution in [0, 0.1) is 13.8 Å². The molecule has 0 saturated heterocycles. The molecule has 0 aromatic heterocycles. The number of aryl methyl sites for hydroxylation is 2. The molecular formula is C14H19BrN2O3. The quantitative estimate of drug-likeness (QED) is 0.804. The van der Waals surface area contributed by atoms with E-state index in [0.717, 1.165) is 21.3 Å². The molecule has 1 amide bonds. The first kappa shape index (κ1) is 16.5. The van der Waals surface area contributed by atoms with Crippen LogP contribution in [0.1, 0.15) is 18.1 Å². The van der Waals surface area contributed by atoms with Crippen LogP contribution < -0.4 is 10.6 Å². The second-order valence-electron chi connectivity index (χ2n) is 4.57. The molecular weight excluding hydrogens is 324 g/mol. The lowest BCUT2D eigenvalue weighted by atomic mass is 10.1. The van der Waals surface area contributed by atoms with Crippen molar-refractivity contribution in [1.29, 1.82) is 0 Å². The Balaban J connectivity index is 2.82. The Kier molecular flexibility index (Phi) is 6.01. The molecule has 1 atom stereocenters. The maximum atomic E-state index is 11.6. The van der Waals surface area contributed by atoms with Crippen molar-refractivity contribution in [2.45, 2.75) is 26.8 Å². The molecule has 110 valence electrons. The minimum absolute atomic E-state index is 0.272.